The highest BCUT2D eigenvalue weighted by Crippen LogP contribution is 2.05. The lowest BCUT2D eigenvalue weighted by Crippen LogP contribution is -2.29. The molecule has 1 heterocycles. The van der Waals surface area contributed by atoms with Gasteiger partial charge in [0.25, 0.3) is 5.56 Å². The van der Waals surface area contributed by atoms with Crippen LogP contribution < -0.4 is 15.8 Å². The number of hydrogen-bond donors (Lipinski definition) is 1. The molecule has 1 N–H and O–H groups in total. The molecule has 0 aliphatic carbocycles. The van der Waals surface area contributed by atoms with Crippen molar-refractivity contribution in [3.63, 3.8) is 0 Å². The zero-order valence-electron chi connectivity index (χ0n) is 10.6. The minimum Gasteiger partial charge on any atom is -0.383 e. The molecule has 6 heteroatoms. The third-order valence-electron chi connectivity index (χ3n) is 2.50. The van der Waals surface area contributed by atoms with Crippen molar-refractivity contribution in [1.29, 1.82) is 0 Å². The Bertz CT molecular complexity index is 391. The molecule has 0 aromatic carbocycles. The Labute approximate surface area is 101 Å². The van der Waals surface area contributed by atoms with Crippen LogP contribution in [0.5, 0.6) is 0 Å². The number of rotatable bonds is 7. The highest BCUT2D eigenvalue weighted by atomic mass is 16.5. The minimum absolute atomic E-state index is 0.0815. The fourth-order valence-electron chi connectivity index (χ4n) is 1.38. The van der Waals surface area contributed by atoms with Gasteiger partial charge in [0.2, 0.25) is 0 Å². The zero-order valence-corrected chi connectivity index (χ0v) is 10.6. The number of likely N-dealkylation sites (N-methyl/N-ethyl adjacent to an activating group) is 2. The Kier molecular flexibility index (Phi) is 5.65. The van der Waals surface area contributed by atoms with Crippen LogP contribution in [0.4, 0.5) is 5.69 Å². The summed E-state index contributed by atoms with van der Waals surface area (Å²) >= 11 is 0. The maximum atomic E-state index is 11.7. The number of hydrogen-bond acceptors (Lipinski definition) is 5. The summed E-state index contributed by atoms with van der Waals surface area (Å²) in [4.78, 5) is 13.7. The van der Waals surface area contributed by atoms with E-state index in [9.17, 15) is 4.79 Å². The van der Waals surface area contributed by atoms with E-state index in [1.807, 2.05) is 19.0 Å². The van der Waals surface area contributed by atoms with Crippen LogP contribution in [0.3, 0.4) is 0 Å². The smallest absolute Gasteiger partial charge is 0.268 e. The number of anilines is 1. The van der Waals surface area contributed by atoms with E-state index in [1.165, 1.54) is 4.68 Å². The van der Waals surface area contributed by atoms with Crippen LogP contribution in [0.15, 0.2) is 17.1 Å². The Morgan fingerprint density at radius 1 is 1.59 bits per heavy atom. The molecule has 0 bridgehead atoms. The lowest BCUT2D eigenvalue weighted by Gasteiger charge is -2.18. The normalized spacial score (nSPS) is 10.5. The predicted molar refractivity (Wildman–Crippen MR) is 67.6 cm³/mol. The van der Waals surface area contributed by atoms with E-state index in [0.29, 0.717) is 13.2 Å². The predicted octanol–water partition coefficient (Wildman–Crippen LogP) is -0.455. The summed E-state index contributed by atoms with van der Waals surface area (Å²) < 4.78 is 6.44. The molecule has 0 radical (unpaired) electrons. The summed E-state index contributed by atoms with van der Waals surface area (Å²) in [5.74, 6) is 0. The molecule has 96 valence electrons. The van der Waals surface area contributed by atoms with E-state index >= 15 is 0 Å². The van der Waals surface area contributed by atoms with Crippen molar-refractivity contribution in [1.82, 2.24) is 15.1 Å². The van der Waals surface area contributed by atoms with Gasteiger partial charge in [0.15, 0.2) is 0 Å². The molecule has 17 heavy (non-hydrogen) atoms. The summed E-state index contributed by atoms with van der Waals surface area (Å²) in [6, 6.07) is 1.60. The van der Waals surface area contributed by atoms with Crippen LogP contribution in [-0.2, 0) is 11.3 Å². The average Bonchev–Trinajstić information content (AvgIpc) is 2.34. The maximum absolute atomic E-state index is 11.7. The minimum atomic E-state index is -0.0815. The van der Waals surface area contributed by atoms with Gasteiger partial charge in [0, 0.05) is 33.3 Å². The molecule has 0 saturated carbocycles. The van der Waals surface area contributed by atoms with Crippen LogP contribution in [0.2, 0.25) is 0 Å². The van der Waals surface area contributed by atoms with E-state index in [4.69, 9.17) is 4.74 Å². The van der Waals surface area contributed by atoms with Crippen molar-refractivity contribution >= 4 is 5.69 Å². The molecule has 6 nitrogen and oxygen atoms in total. The molecule has 0 spiro atoms. The number of nitrogens with zero attached hydrogens (tertiary/aromatic N) is 3. The van der Waals surface area contributed by atoms with Gasteiger partial charge in [-0.25, -0.2) is 4.68 Å². The lowest BCUT2D eigenvalue weighted by molar-refractivity contribution is 0.206. The van der Waals surface area contributed by atoms with E-state index in [-0.39, 0.29) is 5.56 Å². The first-order valence-corrected chi connectivity index (χ1v) is 5.61. The largest absolute Gasteiger partial charge is 0.383 e. The fourth-order valence-corrected chi connectivity index (χ4v) is 1.38. The molecule has 0 amide bonds. The number of methoxy groups -OCH3 is 1. The van der Waals surface area contributed by atoms with E-state index in [2.05, 4.69) is 10.4 Å². The molecular formula is C11H20N4O2. The van der Waals surface area contributed by atoms with Crippen molar-refractivity contribution in [3.05, 3.63) is 22.6 Å². The van der Waals surface area contributed by atoms with Crippen LogP contribution in [0.25, 0.3) is 0 Å². The van der Waals surface area contributed by atoms with Crippen LogP contribution in [-0.4, -0.2) is 50.7 Å². The second kappa shape index (κ2) is 7.03. The quantitative estimate of drug-likeness (QED) is 0.699. The third-order valence-corrected chi connectivity index (χ3v) is 2.50. The standard InChI is InChI=1S/C11H20N4O2/c1-12-4-5-15-11(16)8-10(9-13-15)14(2)6-7-17-3/h8-9,12H,4-7H2,1-3H3. The topological polar surface area (TPSA) is 59.4 Å². The Hall–Kier alpha value is -1.40. The molecule has 0 unspecified atom stereocenters. The van der Waals surface area contributed by atoms with Gasteiger partial charge in [-0.3, -0.25) is 4.79 Å². The highest BCUT2D eigenvalue weighted by molar-refractivity contribution is 5.41. The Morgan fingerprint density at radius 3 is 2.94 bits per heavy atom. The first kappa shape index (κ1) is 13.7. The van der Waals surface area contributed by atoms with Crippen molar-refractivity contribution in [3.8, 4) is 0 Å². The summed E-state index contributed by atoms with van der Waals surface area (Å²) in [5, 5.41) is 7.11. The second-order valence-corrected chi connectivity index (χ2v) is 3.79. The van der Waals surface area contributed by atoms with Crippen molar-refractivity contribution in [2.24, 2.45) is 0 Å². The van der Waals surface area contributed by atoms with Gasteiger partial charge in [-0.05, 0) is 7.05 Å². The van der Waals surface area contributed by atoms with Gasteiger partial charge in [0.1, 0.15) is 0 Å². The van der Waals surface area contributed by atoms with Crippen LogP contribution in [0.1, 0.15) is 0 Å². The Morgan fingerprint density at radius 2 is 2.35 bits per heavy atom. The second-order valence-electron chi connectivity index (χ2n) is 3.79. The fraction of sp³-hybridized carbons (Fsp3) is 0.636. The number of nitrogens with one attached hydrogen (secondary N) is 1. The first-order chi connectivity index (χ1) is 8.19. The number of ether oxygens (including phenoxy) is 1. The van der Waals surface area contributed by atoms with Crippen molar-refractivity contribution in [2.75, 3.05) is 45.8 Å². The van der Waals surface area contributed by atoms with E-state index in [1.54, 1.807) is 19.4 Å². The van der Waals surface area contributed by atoms with E-state index < -0.39 is 0 Å². The van der Waals surface area contributed by atoms with Crippen LogP contribution >= 0.6 is 0 Å². The highest BCUT2D eigenvalue weighted by Gasteiger charge is 2.04. The summed E-state index contributed by atoms with van der Waals surface area (Å²) in [6.45, 7) is 2.67. The Balaban J connectivity index is 2.70. The molecular weight excluding hydrogens is 220 g/mol. The molecule has 0 fully saturated rings. The molecule has 1 aromatic heterocycles. The molecule has 0 aliphatic rings. The van der Waals surface area contributed by atoms with Gasteiger partial charge in [-0.2, -0.15) is 5.10 Å². The van der Waals surface area contributed by atoms with Gasteiger partial charge in [-0.15, -0.1) is 0 Å². The maximum Gasteiger partial charge on any atom is 0.268 e. The SMILES string of the molecule is CNCCn1ncc(N(C)CCOC)cc1=O. The molecule has 1 aromatic rings. The molecule has 0 saturated heterocycles. The summed E-state index contributed by atoms with van der Waals surface area (Å²) in [5.41, 5.74) is 0.731. The van der Waals surface area contributed by atoms with Crippen LogP contribution in [0, 0.1) is 0 Å². The summed E-state index contributed by atoms with van der Waals surface area (Å²) in [7, 11) is 5.41. The first-order valence-electron chi connectivity index (χ1n) is 5.61. The van der Waals surface area contributed by atoms with Crippen molar-refractivity contribution < 1.29 is 4.74 Å². The molecule has 0 aliphatic heterocycles. The van der Waals surface area contributed by atoms with Gasteiger partial charge < -0.3 is 15.0 Å². The van der Waals surface area contributed by atoms with Gasteiger partial charge in [0.05, 0.1) is 25.0 Å². The molecule has 0 atom stereocenters. The number of aromatic nitrogens is 2. The third kappa shape index (κ3) is 4.16. The van der Waals surface area contributed by atoms with Crippen molar-refractivity contribution in [2.45, 2.75) is 6.54 Å². The summed E-state index contributed by atoms with van der Waals surface area (Å²) in [6.07, 6.45) is 1.70. The average molecular weight is 240 g/mol. The van der Waals surface area contributed by atoms with E-state index in [0.717, 1.165) is 18.8 Å². The van der Waals surface area contributed by atoms with Gasteiger partial charge >= 0.3 is 0 Å². The zero-order chi connectivity index (χ0) is 12.7. The monoisotopic (exact) mass is 240 g/mol. The lowest BCUT2D eigenvalue weighted by atomic mass is 10.4. The van der Waals surface area contributed by atoms with Gasteiger partial charge in [-0.1, -0.05) is 0 Å². The molecule has 1 rings (SSSR count).